The molecule has 0 aromatic heterocycles. The summed E-state index contributed by atoms with van der Waals surface area (Å²) in [6.07, 6.45) is 1.49. The number of ether oxygens (including phenoxy) is 3. The van der Waals surface area contributed by atoms with Crippen LogP contribution in [-0.2, 0) is 9.53 Å². The molecular weight excluding hydrogens is 452 g/mol. The van der Waals surface area contributed by atoms with Crippen LogP contribution in [0.15, 0.2) is 77.4 Å². The molecule has 0 aliphatic carbocycles. The third-order valence-electron chi connectivity index (χ3n) is 5.06. The Morgan fingerprint density at radius 2 is 1.86 bits per heavy atom. The molecule has 0 saturated heterocycles. The molecular formula is C26H20N2O7. The Morgan fingerprint density at radius 3 is 2.57 bits per heavy atom. The molecule has 0 amide bonds. The molecule has 1 aliphatic rings. The zero-order chi connectivity index (χ0) is 24.9. The third kappa shape index (κ3) is 5.25. The Hall–Kier alpha value is -4.79. The van der Waals surface area contributed by atoms with Crippen LogP contribution in [0.2, 0.25) is 0 Å². The number of benzene rings is 3. The van der Waals surface area contributed by atoms with E-state index >= 15 is 0 Å². The van der Waals surface area contributed by atoms with Crippen LogP contribution < -0.4 is 9.47 Å². The van der Waals surface area contributed by atoms with E-state index in [1.54, 1.807) is 74.5 Å². The maximum Gasteiger partial charge on any atom is 0.363 e. The second-order valence-electron chi connectivity index (χ2n) is 7.49. The SMILES string of the molecule is CCOc1cc(/C=C2\N=C(c3ccc(C)c([N+](=O)[O-])c3)OC2=O)ccc1OC(=O)c1ccccc1. The van der Waals surface area contributed by atoms with Gasteiger partial charge < -0.3 is 14.2 Å². The van der Waals surface area contributed by atoms with Crippen molar-refractivity contribution in [1.29, 1.82) is 0 Å². The van der Waals surface area contributed by atoms with E-state index in [2.05, 4.69) is 4.99 Å². The molecule has 4 rings (SSSR count). The van der Waals surface area contributed by atoms with Crippen molar-refractivity contribution in [2.45, 2.75) is 13.8 Å². The molecule has 0 fully saturated rings. The highest BCUT2D eigenvalue weighted by Crippen LogP contribution is 2.31. The van der Waals surface area contributed by atoms with Crippen molar-refractivity contribution in [3.05, 3.63) is 105 Å². The normalized spacial score (nSPS) is 13.8. The predicted molar refractivity (Wildman–Crippen MR) is 127 cm³/mol. The summed E-state index contributed by atoms with van der Waals surface area (Å²) >= 11 is 0. The van der Waals surface area contributed by atoms with Gasteiger partial charge in [-0.1, -0.05) is 30.3 Å². The number of esters is 2. The minimum atomic E-state index is -0.694. The number of aliphatic imine (C=N–C) groups is 1. The standard InChI is InChI=1S/C26H20N2O7/c1-3-33-23-14-17(10-12-22(23)34-25(29)18-7-5-4-6-8-18)13-20-26(30)35-24(27-20)19-11-9-16(2)21(15-19)28(31)32/h4-15H,3H2,1-2H3/b20-13-. The van der Waals surface area contributed by atoms with E-state index in [4.69, 9.17) is 14.2 Å². The highest BCUT2D eigenvalue weighted by molar-refractivity contribution is 6.13. The van der Waals surface area contributed by atoms with Crippen molar-refractivity contribution in [1.82, 2.24) is 0 Å². The molecule has 0 atom stereocenters. The number of rotatable bonds is 7. The molecule has 1 heterocycles. The Labute approximate surface area is 200 Å². The molecule has 0 spiro atoms. The van der Waals surface area contributed by atoms with E-state index in [1.807, 2.05) is 0 Å². The van der Waals surface area contributed by atoms with Gasteiger partial charge in [-0.2, -0.15) is 0 Å². The molecule has 0 saturated carbocycles. The van der Waals surface area contributed by atoms with Gasteiger partial charge in [0.05, 0.1) is 17.1 Å². The Balaban J connectivity index is 1.61. The highest BCUT2D eigenvalue weighted by atomic mass is 16.6. The maximum atomic E-state index is 12.4. The van der Waals surface area contributed by atoms with E-state index in [9.17, 15) is 19.7 Å². The lowest BCUT2D eigenvalue weighted by Gasteiger charge is -2.11. The van der Waals surface area contributed by atoms with Crippen LogP contribution in [0.3, 0.4) is 0 Å². The Morgan fingerprint density at radius 1 is 1.09 bits per heavy atom. The number of cyclic esters (lactones) is 1. The van der Waals surface area contributed by atoms with Gasteiger partial charge in [0.2, 0.25) is 5.90 Å². The summed E-state index contributed by atoms with van der Waals surface area (Å²) in [4.78, 5) is 39.7. The van der Waals surface area contributed by atoms with Crippen molar-refractivity contribution in [3.63, 3.8) is 0 Å². The first-order valence-electron chi connectivity index (χ1n) is 10.7. The first-order valence-corrected chi connectivity index (χ1v) is 10.7. The zero-order valence-electron chi connectivity index (χ0n) is 18.9. The number of aryl methyl sites for hydroxylation is 1. The number of carbonyl (C=O) groups excluding carboxylic acids is 2. The number of nitro benzene ring substituents is 1. The van der Waals surface area contributed by atoms with Gasteiger partial charge in [-0.05, 0) is 55.8 Å². The molecule has 176 valence electrons. The Bertz CT molecular complexity index is 1380. The minimum absolute atomic E-state index is 0.0136. The average Bonchev–Trinajstić information content (AvgIpc) is 3.21. The summed E-state index contributed by atoms with van der Waals surface area (Å²) < 4.78 is 16.3. The summed E-state index contributed by atoms with van der Waals surface area (Å²) in [7, 11) is 0. The number of hydrogen-bond donors (Lipinski definition) is 0. The topological polar surface area (TPSA) is 117 Å². The lowest BCUT2D eigenvalue weighted by Crippen LogP contribution is -2.09. The van der Waals surface area contributed by atoms with Crippen LogP contribution in [0.4, 0.5) is 5.69 Å². The van der Waals surface area contributed by atoms with Crippen molar-refractivity contribution >= 4 is 29.6 Å². The number of hydrogen-bond acceptors (Lipinski definition) is 8. The molecule has 3 aromatic rings. The molecule has 35 heavy (non-hydrogen) atoms. The van der Waals surface area contributed by atoms with Crippen molar-refractivity contribution < 1.29 is 28.7 Å². The molecule has 0 N–H and O–H groups in total. The largest absolute Gasteiger partial charge is 0.490 e. The minimum Gasteiger partial charge on any atom is -0.490 e. The summed E-state index contributed by atoms with van der Waals surface area (Å²) in [6, 6.07) is 17.8. The second kappa shape index (κ2) is 10.0. The Kier molecular flexibility index (Phi) is 6.68. The zero-order valence-corrected chi connectivity index (χ0v) is 18.9. The molecule has 0 radical (unpaired) electrons. The van der Waals surface area contributed by atoms with E-state index in [0.29, 0.717) is 34.6 Å². The lowest BCUT2D eigenvalue weighted by atomic mass is 10.1. The first-order chi connectivity index (χ1) is 16.9. The van der Waals surface area contributed by atoms with Gasteiger partial charge in [-0.3, -0.25) is 10.1 Å². The van der Waals surface area contributed by atoms with Gasteiger partial charge in [0.1, 0.15) is 0 Å². The van der Waals surface area contributed by atoms with Crippen LogP contribution in [0.1, 0.15) is 34.0 Å². The first kappa shape index (κ1) is 23.4. The number of carbonyl (C=O) groups is 2. The molecule has 9 heteroatoms. The summed E-state index contributed by atoms with van der Waals surface area (Å²) in [6.45, 7) is 3.73. The number of nitro groups is 1. The van der Waals surface area contributed by atoms with Gasteiger partial charge in [0.25, 0.3) is 5.69 Å². The monoisotopic (exact) mass is 472 g/mol. The highest BCUT2D eigenvalue weighted by Gasteiger charge is 2.26. The lowest BCUT2D eigenvalue weighted by molar-refractivity contribution is -0.385. The van der Waals surface area contributed by atoms with Gasteiger partial charge in [-0.25, -0.2) is 14.6 Å². The van der Waals surface area contributed by atoms with Crippen LogP contribution in [0.25, 0.3) is 6.08 Å². The third-order valence-corrected chi connectivity index (χ3v) is 5.06. The van der Waals surface area contributed by atoms with Crippen LogP contribution in [0.5, 0.6) is 11.5 Å². The molecule has 1 aliphatic heterocycles. The van der Waals surface area contributed by atoms with Crippen LogP contribution in [-0.4, -0.2) is 29.4 Å². The smallest absolute Gasteiger partial charge is 0.363 e. The predicted octanol–water partition coefficient (Wildman–Crippen LogP) is 4.87. The number of nitrogens with zero attached hydrogens (tertiary/aromatic N) is 2. The van der Waals surface area contributed by atoms with E-state index in [0.717, 1.165) is 0 Å². The van der Waals surface area contributed by atoms with E-state index in [1.165, 1.54) is 12.1 Å². The molecule has 0 unspecified atom stereocenters. The van der Waals surface area contributed by atoms with Gasteiger partial charge >= 0.3 is 11.9 Å². The maximum absolute atomic E-state index is 12.4. The summed E-state index contributed by atoms with van der Waals surface area (Å²) in [5.74, 6) is -0.703. The average molecular weight is 472 g/mol. The van der Waals surface area contributed by atoms with Crippen LogP contribution in [0, 0.1) is 17.0 Å². The van der Waals surface area contributed by atoms with Gasteiger partial charge in [-0.15, -0.1) is 0 Å². The van der Waals surface area contributed by atoms with E-state index < -0.39 is 16.9 Å². The second-order valence-corrected chi connectivity index (χ2v) is 7.49. The molecule has 0 bridgehead atoms. The molecule has 3 aromatic carbocycles. The fourth-order valence-corrected chi connectivity index (χ4v) is 3.33. The van der Waals surface area contributed by atoms with E-state index in [-0.39, 0.29) is 23.0 Å². The van der Waals surface area contributed by atoms with Crippen molar-refractivity contribution in [2.75, 3.05) is 6.61 Å². The van der Waals surface area contributed by atoms with Crippen LogP contribution >= 0.6 is 0 Å². The van der Waals surface area contributed by atoms with Crippen molar-refractivity contribution in [2.24, 2.45) is 4.99 Å². The van der Waals surface area contributed by atoms with Gasteiger partial charge in [0, 0.05) is 17.2 Å². The fraction of sp³-hybridized carbons (Fsp3) is 0.115. The van der Waals surface area contributed by atoms with Gasteiger partial charge in [0.15, 0.2) is 17.2 Å². The molecule has 9 nitrogen and oxygen atoms in total. The fourth-order valence-electron chi connectivity index (χ4n) is 3.33. The quantitative estimate of drug-likeness (QED) is 0.158. The van der Waals surface area contributed by atoms with Crippen molar-refractivity contribution in [3.8, 4) is 11.5 Å². The summed E-state index contributed by atoms with van der Waals surface area (Å²) in [5.41, 5.74) is 1.67. The summed E-state index contributed by atoms with van der Waals surface area (Å²) in [5, 5.41) is 11.2.